The smallest absolute Gasteiger partial charge is 0.382 e. The van der Waals surface area contributed by atoms with Crippen LogP contribution in [0.15, 0.2) is 54.6 Å². The Bertz CT molecular complexity index is 3640. The lowest BCUT2D eigenvalue weighted by molar-refractivity contribution is -0.160. The number of likely N-dealkylation sites (N-methyl/N-ethyl adjacent to an activating group) is 6. The van der Waals surface area contributed by atoms with Gasteiger partial charge in [0.15, 0.2) is 0 Å². The highest BCUT2D eigenvalue weighted by molar-refractivity contribution is 6.42. The fourth-order valence-electron chi connectivity index (χ4n) is 14.9. The van der Waals surface area contributed by atoms with Crippen molar-refractivity contribution in [2.45, 2.75) is 211 Å². The second kappa shape index (κ2) is 36.1. The van der Waals surface area contributed by atoms with Crippen LogP contribution in [0.4, 0.5) is 13.2 Å². The summed E-state index contributed by atoms with van der Waals surface area (Å²) in [5.41, 5.74) is -3.09. The predicted octanol–water partition coefficient (Wildman–Crippen LogP) is 5.76. The van der Waals surface area contributed by atoms with Crippen molar-refractivity contribution in [1.82, 2.24) is 60.0 Å². The predicted molar refractivity (Wildman–Crippen MR) is 394 cm³/mol. The molecule has 2 bridgehead atoms. The first-order chi connectivity index (χ1) is 50.0. The van der Waals surface area contributed by atoms with Gasteiger partial charge in [-0.2, -0.15) is 13.2 Å². The standard InChI is InChI=1S/C76H109Cl2F3N12O14/c1-17-45(3)63-71(104)92(49-29-30-49)41-62(96)87(12)54-22-20-19-21-33-91(70(54)103)57(35-47-23-27-48(28-24-47)76(79,80)81)68(101)86(11)40-60(94)82-53(32-26-46-25-31-51(77)52(78)34-46)66(99)93-39-50(107-18-2)36-55(93)65(98)84-75(43-74(7,8)44-75)72(105)90(15)58(38-73(4,5)6)69(102)89(14)56(67(100)85(9)10)37-61(95)88(13)59(42-106-16)64(97)83-63/h19-20,23-25,27-28,31,34,45,49-50,53-59,63H,17-18,21-22,26,29-30,32-33,35-44H2,1-16H3,(H,82,94)(H,83,97)(H,84,98)/b20-19-/t45-,50+,53-,54-,55-,56-,57-,58-,59-,63-/m0/s1. The van der Waals surface area contributed by atoms with Gasteiger partial charge in [-0.3, -0.25) is 57.5 Å². The van der Waals surface area contributed by atoms with Gasteiger partial charge >= 0.3 is 6.18 Å². The average Bonchev–Trinajstić information content (AvgIpc) is 1.72. The zero-order valence-corrected chi connectivity index (χ0v) is 66.1. The number of amides is 12. The summed E-state index contributed by atoms with van der Waals surface area (Å²) < 4.78 is 53.7. The molecular formula is C76H109Cl2F3N12O14. The zero-order chi connectivity index (χ0) is 79.7. The highest BCUT2D eigenvalue weighted by atomic mass is 35.5. The molecule has 2 aromatic rings. The number of hydrogen-bond acceptors (Lipinski definition) is 14. The maximum atomic E-state index is 15.7. The van der Waals surface area contributed by atoms with Crippen LogP contribution in [0.25, 0.3) is 0 Å². The number of nitrogens with zero attached hydrogens (tertiary/aromatic N) is 9. The summed E-state index contributed by atoms with van der Waals surface area (Å²) in [6, 6.07) is -2.86. The minimum absolute atomic E-state index is 0.0114. The van der Waals surface area contributed by atoms with E-state index in [1.807, 2.05) is 34.6 Å². The minimum Gasteiger partial charge on any atom is -0.382 e. The Hall–Kier alpha value is -7.89. The molecule has 26 nitrogen and oxygen atoms in total. The number of ether oxygens (including phenoxy) is 2. The highest BCUT2D eigenvalue weighted by Gasteiger charge is 2.59. The summed E-state index contributed by atoms with van der Waals surface area (Å²) in [7, 11) is 10.9. The summed E-state index contributed by atoms with van der Waals surface area (Å²) in [6.45, 7) is 12.8. The second-order valence-electron chi connectivity index (χ2n) is 31.6. The van der Waals surface area contributed by atoms with Gasteiger partial charge < -0.3 is 69.5 Å². The molecule has 107 heavy (non-hydrogen) atoms. The van der Waals surface area contributed by atoms with Gasteiger partial charge in [-0.25, -0.2) is 0 Å². The van der Waals surface area contributed by atoms with Crippen LogP contribution in [-0.4, -0.2) is 277 Å². The van der Waals surface area contributed by atoms with Crippen molar-refractivity contribution in [3.05, 3.63) is 81.4 Å². The van der Waals surface area contributed by atoms with Crippen molar-refractivity contribution in [3.8, 4) is 0 Å². The van der Waals surface area contributed by atoms with Crippen LogP contribution in [0, 0.1) is 16.7 Å². The normalized spacial score (nSPS) is 26.4. The maximum absolute atomic E-state index is 15.7. The van der Waals surface area contributed by atoms with E-state index in [4.69, 9.17) is 32.7 Å². The molecule has 3 heterocycles. The molecule has 2 saturated heterocycles. The molecule has 2 aromatic carbocycles. The number of halogens is 5. The van der Waals surface area contributed by atoms with Crippen molar-refractivity contribution in [2.24, 2.45) is 16.7 Å². The first kappa shape index (κ1) is 86.3. The molecule has 2 saturated carbocycles. The highest BCUT2D eigenvalue weighted by Crippen LogP contribution is 2.49. The van der Waals surface area contributed by atoms with Gasteiger partial charge in [0, 0.05) is 95.0 Å². The molecule has 592 valence electrons. The Morgan fingerprint density at radius 2 is 1.36 bits per heavy atom. The number of aryl methyl sites for hydroxylation is 1. The van der Waals surface area contributed by atoms with Crippen LogP contribution in [0.5, 0.6) is 0 Å². The largest absolute Gasteiger partial charge is 0.416 e. The van der Waals surface area contributed by atoms with Crippen molar-refractivity contribution in [2.75, 3.05) is 95.8 Å². The van der Waals surface area contributed by atoms with Gasteiger partial charge in [-0.15, -0.1) is 0 Å². The van der Waals surface area contributed by atoms with Crippen molar-refractivity contribution in [3.63, 3.8) is 0 Å². The lowest BCUT2D eigenvalue weighted by Gasteiger charge is -2.54. The number of nitrogens with one attached hydrogen (secondary N) is 3. The van der Waals surface area contributed by atoms with E-state index in [1.54, 1.807) is 51.1 Å². The van der Waals surface area contributed by atoms with Gasteiger partial charge in [-0.05, 0) is 117 Å². The molecule has 0 aromatic heterocycles. The molecule has 3 aliphatic heterocycles. The van der Waals surface area contributed by atoms with Crippen LogP contribution in [-0.2, 0) is 86.0 Å². The first-order valence-corrected chi connectivity index (χ1v) is 37.4. The van der Waals surface area contributed by atoms with Crippen molar-refractivity contribution >= 4 is 94.1 Å². The summed E-state index contributed by atoms with van der Waals surface area (Å²) in [5, 5.41) is 9.17. The Balaban J connectivity index is 1.36. The third-order valence-electron chi connectivity index (χ3n) is 21.2. The molecule has 10 atom stereocenters. The number of carbonyl (C=O) groups is 12. The number of carbonyl (C=O) groups excluding carboxylic acids is 12. The average molecular weight is 1540 g/mol. The molecule has 3 N–H and O–H groups in total. The topological polar surface area (TPSA) is 289 Å². The van der Waals surface area contributed by atoms with Crippen LogP contribution in [0.1, 0.15) is 143 Å². The van der Waals surface area contributed by atoms with E-state index >= 15 is 33.6 Å². The third kappa shape index (κ3) is 21.5. The molecule has 1 spiro atoms. The number of rotatable bonds is 14. The molecule has 0 unspecified atom stereocenters. The number of hydrogen-bond donors (Lipinski definition) is 3. The van der Waals surface area contributed by atoms with Gasteiger partial charge in [0.05, 0.1) is 41.3 Å². The fraction of sp³-hybridized carbons (Fsp3) is 0.658. The van der Waals surface area contributed by atoms with E-state index in [-0.39, 0.29) is 93.1 Å². The molecule has 12 amide bonds. The zero-order valence-electron chi connectivity index (χ0n) is 64.6. The van der Waals surface area contributed by atoms with E-state index in [2.05, 4.69) is 16.0 Å². The number of alkyl halides is 3. The Kier molecular flexibility index (Phi) is 29.1. The summed E-state index contributed by atoms with van der Waals surface area (Å²) in [6.07, 6.45) is -1.60. The van der Waals surface area contributed by atoms with E-state index in [0.717, 1.165) is 31.7 Å². The van der Waals surface area contributed by atoms with Crippen LogP contribution < -0.4 is 16.0 Å². The van der Waals surface area contributed by atoms with E-state index in [9.17, 15) is 37.1 Å². The first-order valence-electron chi connectivity index (χ1n) is 36.7. The number of benzene rings is 2. The monoisotopic (exact) mass is 1540 g/mol. The lowest BCUT2D eigenvalue weighted by atomic mass is 9.58. The van der Waals surface area contributed by atoms with Crippen molar-refractivity contribution in [1.29, 1.82) is 0 Å². The summed E-state index contributed by atoms with van der Waals surface area (Å²) in [5.74, 6) is -9.59. The number of fused-ring (bicyclic) bond motifs is 3. The third-order valence-corrected chi connectivity index (χ3v) is 21.9. The molecular weight excluding hydrogens is 1430 g/mol. The van der Waals surface area contributed by atoms with Gasteiger partial charge in [0.2, 0.25) is 70.9 Å². The fourth-order valence-corrected chi connectivity index (χ4v) is 15.2. The van der Waals surface area contributed by atoms with E-state index in [1.165, 1.54) is 93.1 Å². The molecule has 7 rings (SSSR count). The molecule has 4 fully saturated rings. The molecule has 2 aliphatic carbocycles. The second-order valence-corrected chi connectivity index (χ2v) is 32.4. The van der Waals surface area contributed by atoms with Gasteiger partial charge in [0.25, 0.3) is 0 Å². The van der Waals surface area contributed by atoms with Crippen molar-refractivity contribution < 1.29 is 80.2 Å². The lowest BCUT2D eigenvalue weighted by Crippen LogP contribution is -2.71. The molecule has 0 radical (unpaired) electrons. The number of methoxy groups -OCH3 is 1. The maximum Gasteiger partial charge on any atom is 0.416 e. The van der Waals surface area contributed by atoms with Crippen LogP contribution in [0.2, 0.25) is 10.0 Å². The quantitative estimate of drug-likeness (QED) is 0.190. The van der Waals surface area contributed by atoms with Crippen LogP contribution >= 0.6 is 23.2 Å². The van der Waals surface area contributed by atoms with E-state index in [0.29, 0.717) is 24.8 Å². The Morgan fingerprint density at radius 1 is 0.710 bits per heavy atom. The van der Waals surface area contributed by atoms with Gasteiger partial charge in [0.1, 0.15) is 60.4 Å². The minimum atomic E-state index is -4.73. The van der Waals surface area contributed by atoms with Gasteiger partial charge in [-0.1, -0.05) is 108 Å². The Labute approximate surface area is 636 Å². The molecule has 31 heteroatoms. The summed E-state index contributed by atoms with van der Waals surface area (Å²) in [4.78, 5) is 193. The SMILES string of the molecule is CCO[C@@H]1C[C@H]2C(=O)NC3(CC(C)(C)C3)C(=O)N(C)[C@@H](CC(C)(C)C)C(=O)N(C)[C@H](C(=O)N(C)C)CC(=O)N(C)[C@@H](COC)C(=O)N[C@@H]([C@@H](C)CC)C(=O)N(C3CC3)CC(=O)N(C)[C@H]3C/C=C\CCN(C3=O)[C@@H](Cc3ccc(C(F)(F)F)cc3)C(=O)N(C)CC(=O)N[C@@H](CCc3ccc(Cl)c(Cl)c3)C(=O)N2C1. The Morgan fingerprint density at radius 3 is 1.93 bits per heavy atom. The van der Waals surface area contributed by atoms with E-state index < -0.39 is 192 Å². The summed E-state index contributed by atoms with van der Waals surface area (Å²) >= 11 is 12.8. The molecule has 5 aliphatic rings. The van der Waals surface area contributed by atoms with Crippen LogP contribution in [0.3, 0.4) is 0 Å².